The molecule has 0 unspecified atom stereocenters. The highest BCUT2D eigenvalue weighted by Gasteiger charge is 2.19. The molecule has 0 aliphatic heterocycles. The Bertz CT molecular complexity index is 1450. The van der Waals surface area contributed by atoms with Gasteiger partial charge in [0, 0.05) is 4.88 Å². The van der Waals surface area contributed by atoms with E-state index in [2.05, 4.69) is 20.0 Å². The number of anilines is 2. The second kappa shape index (κ2) is 8.23. The highest BCUT2D eigenvalue weighted by atomic mass is 32.2. The number of thiophene rings is 1. The van der Waals surface area contributed by atoms with Crippen molar-refractivity contribution in [3.8, 4) is 0 Å². The first-order valence-electron chi connectivity index (χ1n) is 8.92. The lowest BCUT2D eigenvalue weighted by Gasteiger charge is -2.13. The van der Waals surface area contributed by atoms with Crippen LogP contribution in [0.25, 0.3) is 11.0 Å². The predicted octanol–water partition coefficient (Wildman–Crippen LogP) is 2.75. The third-order valence-electron chi connectivity index (χ3n) is 4.20. The first kappa shape index (κ1) is 21.2. The molecule has 12 heteroatoms. The van der Waals surface area contributed by atoms with Gasteiger partial charge in [0.1, 0.15) is 4.21 Å². The second-order valence-corrected chi connectivity index (χ2v) is 11.1. The summed E-state index contributed by atoms with van der Waals surface area (Å²) in [7, 11) is -7.67. The fraction of sp³-hybridized carbons (Fsp3) is 0.0526. The smallest absolute Gasteiger partial charge is 0.263 e. The minimum absolute atomic E-state index is 0.0331. The van der Waals surface area contributed by atoms with E-state index in [0.717, 1.165) is 11.3 Å². The lowest BCUT2D eigenvalue weighted by atomic mass is 10.3. The van der Waals surface area contributed by atoms with Gasteiger partial charge >= 0.3 is 0 Å². The molecule has 0 aliphatic carbocycles. The number of benzene rings is 2. The highest BCUT2D eigenvalue weighted by Crippen LogP contribution is 2.26. The van der Waals surface area contributed by atoms with E-state index in [1.54, 1.807) is 48.5 Å². The molecule has 31 heavy (non-hydrogen) atoms. The summed E-state index contributed by atoms with van der Waals surface area (Å²) in [6.45, 7) is 0.202. The summed E-state index contributed by atoms with van der Waals surface area (Å²) < 4.78 is 51.1. The van der Waals surface area contributed by atoms with Crippen LogP contribution in [0, 0.1) is 0 Å². The van der Waals surface area contributed by atoms with Crippen molar-refractivity contribution in [2.75, 3.05) is 10.0 Å². The lowest BCUT2D eigenvalue weighted by Crippen LogP contribution is -2.16. The van der Waals surface area contributed by atoms with E-state index in [-0.39, 0.29) is 27.3 Å². The lowest BCUT2D eigenvalue weighted by molar-refractivity contribution is 0.598. The van der Waals surface area contributed by atoms with Crippen molar-refractivity contribution >= 4 is 54.1 Å². The summed E-state index contributed by atoms with van der Waals surface area (Å²) in [4.78, 5) is 9.67. The minimum Gasteiger partial charge on any atom is -0.362 e. The maximum Gasteiger partial charge on any atom is 0.263 e. The molecule has 0 radical (unpaired) electrons. The number of aromatic nitrogens is 2. The summed E-state index contributed by atoms with van der Waals surface area (Å²) >= 11 is 1.02. The molecule has 4 rings (SSSR count). The number of hydrogen-bond acceptors (Lipinski definition) is 8. The first-order valence-corrected chi connectivity index (χ1v) is 12.8. The van der Waals surface area contributed by atoms with E-state index in [9.17, 15) is 16.8 Å². The van der Waals surface area contributed by atoms with Crippen LogP contribution >= 0.6 is 11.3 Å². The van der Waals surface area contributed by atoms with E-state index in [0.29, 0.717) is 15.9 Å². The van der Waals surface area contributed by atoms with Gasteiger partial charge in [-0.3, -0.25) is 4.72 Å². The SMILES string of the molecule is NS(=O)(=O)c1ccc(CNc2nc3ccccc3nc2NS(=O)(=O)c2ccccc2)s1. The molecule has 4 N–H and O–H groups in total. The zero-order valence-electron chi connectivity index (χ0n) is 15.9. The van der Waals surface area contributed by atoms with Gasteiger partial charge < -0.3 is 5.32 Å². The Hall–Kier alpha value is -3.06. The highest BCUT2D eigenvalue weighted by molar-refractivity contribution is 7.92. The molecule has 0 bridgehead atoms. The van der Waals surface area contributed by atoms with Crippen LogP contribution < -0.4 is 15.2 Å². The van der Waals surface area contributed by atoms with Crippen molar-refractivity contribution in [1.82, 2.24) is 9.97 Å². The Morgan fingerprint density at radius 3 is 2.03 bits per heavy atom. The van der Waals surface area contributed by atoms with Crippen molar-refractivity contribution in [2.24, 2.45) is 5.14 Å². The maximum atomic E-state index is 12.8. The summed E-state index contributed by atoms with van der Waals surface area (Å²) in [5, 5.41) is 8.19. The summed E-state index contributed by atoms with van der Waals surface area (Å²) in [6, 6.07) is 18.0. The molecule has 0 aliphatic rings. The predicted molar refractivity (Wildman–Crippen MR) is 120 cm³/mol. The van der Waals surface area contributed by atoms with Gasteiger partial charge in [0.15, 0.2) is 11.6 Å². The Morgan fingerprint density at radius 2 is 1.42 bits per heavy atom. The monoisotopic (exact) mass is 475 g/mol. The molecule has 2 aromatic heterocycles. The largest absolute Gasteiger partial charge is 0.362 e. The van der Waals surface area contributed by atoms with E-state index in [1.807, 2.05) is 0 Å². The number of para-hydroxylation sites is 2. The van der Waals surface area contributed by atoms with Gasteiger partial charge in [-0.15, -0.1) is 11.3 Å². The topological polar surface area (TPSA) is 144 Å². The number of rotatable bonds is 7. The van der Waals surface area contributed by atoms with Gasteiger partial charge in [-0.25, -0.2) is 31.9 Å². The summed E-state index contributed by atoms with van der Waals surface area (Å²) in [5.41, 5.74) is 1.09. The van der Waals surface area contributed by atoms with Gasteiger partial charge in [-0.05, 0) is 36.4 Å². The number of nitrogens with one attached hydrogen (secondary N) is 2. The number of nitrogens with two attached hydrogens (primary N) is 1. The van der Waals surface area contributed by atoms with Crippen molar-refractivity contribution < 1.29 is 16.8 Å². The van der Waals surface area contributed by atoms with Crippen molar-refractivity contribution in [3.63, 3.8) is 0 Å². The van der Waals surface area contributed by atoms with Crippen LogP contribution in [-0.2, 0) is 26.6 Å². The minimum atomic E-state index is -3.89. The molecule has 160 valence electrons. The van der Waals surface area contributed by atoms with E-state index in [1.165, 1.54) is 18.2 Å². The number of fused-ring (bicyclic) bond motifs is 1. The summed E-state index contributed by atoms with van der Waals surface area (Å²) in [6.07, 6.45) is 0. The zero-order valence-corrected chi connectivity index (χ0v) is 18.3. The molecule has 0 saturated carbocycles. The van der Waals surface area contributed by atoms with E-state index >= 15 is 0 Å². The fourth-order valence-corrected chi connectivity index (χ4v) is 5.51. The molecular weight excluding hydrogens is 458 g/mol. The zero-order chi connectivity index (χ0) is 22.1. The average Bonchev–Trinajstić information content (AvgIpc) is 3.22. The average molecular weight is 476 g/mol. The van der Waals surface area contributed by atoms with Crippen LogP contribution in [0.4, 0.5) is 11.6 Å². The van der Waals surface area contributed by atoms with Crippen LogP contribution in [0.3, 0.4) is 0 Å². The molecular formula is C19H17N5O4S3. The van der Waals surface area contributed by atoms with Crippen LogP contribution in [0.2, 0.25) is 0 Å². The first-order chi connectivity index (χ1) is 14.7. The van der Waals surface area contributed by atoms with Gasteiger partial charge in [-0.2, -0.15) is 0 Å². The Balaban J connectivity index is 1.67. The van der Waals surface area contributed by atoms with Gasteiger partial charge in [0.05, 0.1) is 22.5 Å². The third kappa shape index (κ3) is 4.82. The van der Waals surface area contributed by atoms with Crippen molar-refractivity contribution in [3.05, 3.63) is 71.6 Å². The molecule has 0 saturated heterocycles. The molecule has 9 nitrogen and oxygen atoms in total. The fourth-order valence-electron chi connectivity index (χ4n) is 2.76. The van der Waals surface area contributed by atoms with Gasteiger partial charge in [0.2, 0.25) is 10.0 Å². The molecule has 0 amide bonds. The van der Waals surface area contributed by atoms with Crippen LogP contribution in [0.15, 0.2) is 75.8 Å². The molecule has 2 heterocycles. The number of nitrogens with zero attached hydrogens (tertiary/aromatic N) is 2. The quantitative estimate of drug-likeness (QED) is 0.373. The van der Waals surface area contributed by atoms with Crippen LogP contribution in [0.1, 0.15) is 4.88 Å². The second-order valence-electron chi connectivity index (χ2n) is 6.45. The molecule has 0 spiro atoms. The van der Waals surface area contributed by atoms with Crippen molar-refractivity contribution in [1.29, 1.82) is 0 Å². The number of hydrogen-bond donors (Lipinski definition) is 3. The van der Waals surface area contributed by atoms with Gasteiger partial charge in [-0.1, -0.05) is 30.3 Å². The number of primary sulfonamides is 1. The molecule has 2 aromatic carbocycles. The Morgan fingerprint density at radius 1 is 0.806 bits per heavy atom. The van der Waals surface area contributed by atoms with Crippen molar-refractivity contribution in [2.45, 2.75) is 15.6 Å². The molecule has 0 atom stereocenters. The van der Waals surface area contributed by atoms with Gasteiger partial charge in [0.25, 0.3) is 10.0 Å². The normalized spacial score (nSPS) is 12.0. The van der Waals surface area contributed by atoms with Crippen LogP contribution in [0.5, 0.6) is 0 Å². The molecule has 4 aromatic rings. The number of sulfonamides is 2. The Kier molecular flexibility index (Phi) is 5.62. The molecule has 0 fully saturated rings. The Labute approximate surface area is 183 Å². The van der Waals surface area contributed by atoms with Crippen LogP contribution in [-0.4, -0.2) is 26.8 Å². The third-order valence-corrected chi connectivity index (χ3v) is 8.08. The summed E-state index contributed by atoms with van der Waals surface area (Å²) in [5.74, 6) is 0.245. The van der Waals surface area contributed by atoms with E-state index in [4.69, 9.17) is 5.14 Å². The maximum absolute atomic E-state index is 12.8. The van der Waals surface area contributed by atoms with E-state index < -0.39 is 20.0 Å². The standard InChI is InChI=1S/C19H17N5O4S3/c20-30(25,26)17-11-10-13(29-17)12-21-18-19(23-16-9-5-4-8-15(16)22-18)24-31(27,28)14-6-2-1-3-7-14/h1-11H,12H2,(H,21,22)(H,23,24)(H2,20,25,26).